The maximum atomic E-state index is 13.5. The van der Waals surface area contributed by atoms with Crippen molar-refractivity contribution in [3.63, 3.8) is 0 Å². The molecule has 0 fully saturated rings. The quantitative estimate of drug-likeness (QED) is 0.721. The summed E-state index contributed by atoms with van der Waals surface area (Å²) >= 11 is 0. The number of hydrogen-bond acceptors (Lipinski definition) is 3. The molecule has 0 radical (unpaired) electrons. The standard InChI is InChI=1S/C12H14FNO3.ClH/c1-2-3-4-9(14)10-8(13)6-5-7(11(10)15)12(16)17;/h2,5-6,9,15H,1,3-4,14H2,(H,16,17);1H/t9-;/m1./s1. The summed E-state index contributed by atoms with van der Waals surface area (Å²) in [5.41, 5.74) is 5.20. The molecule has 0 saturated carbocycles. The Kier molecular flexibility index (Phi) is 6.36. The normalized spacial score (nSPS) is 11.4. The fourth-order valence-corrected chi connectivity index (χ4v) is 1.55. The van der Waals surface area contributed by atoms with Crippen LogP contribution in [0.15, 0.2) is 24.8 Å². The van der Waals surface area contributed by atoms with Crippen molar-refractivity contribution in [2.45, 2.75) is 18.9 Å². The molecule has 18 heavy (non-hydrogen) atoms. The summed E-state index contributed by atoms with van der Waals surface area (Å²) < 4.78 is 13.5. The second-order valence-corrected chi connectivity index (χ2v) is 3.63. The van der Waals surface area contributed by atoms with Gasteiger partial charge in [-0.1, -0.05) is 6.08 Å². The number of aromatic hydroxyl groups is 1. The summed E-state index contributed by atoms with van der Waals surface area (Å²) in [5.74, 6) is -2.63. The van der Waals surface area contributed by atoms with Crippen LogP contribution < -0.4 is 5.73 Å². The average Bonchev–Trinajstić information content (AvgIpc) is 2.25. The summed E-state index contributed by atoms with van der Waals surface area (Å²) in [4.78, 5) is 10.8. The van der Waals surface area contributed by atoms with Gasteiger partial charge in [0.05, 0.1) is 0 Å². The van der Waals surface area contributed by atoms with E-state index in [4.69, 9.17) is 10.8 Å². The van der Waals surface area contributed by atoms with Crippen molar-refractivity contribution in [1.82, 2.24) is 0 Å². The number of carboxylic acid groups (broad SMARTS) is 1. The summed E-state index contributed by atoms with van der Waals surface area (Å²) in [6, 6.07) is 1.25. The summed E-state index contributed by atoms with van der Waals surface area (Å²) in [6.45, 7) is 3.51. The number of rotatable bonds is 5. The third kappa shape index (κ3) is 3.45. The molecule has 0 heterocycles. The maximum Gasteiger partial charge on any atom is 0.339 e. The Morgan fingerprint density at radius 3 is 2.67 bits per heavy atom. The number of nitrogens with two attached hydrogens (primary N) is 1. The van der Waals surface area contributed by atoms with Gasteiger partial charge in [-0.25, -0.2) is 9.18 Å². The van der Waals surface area contributed by atoms with Gasteiger partial charge in [0.25, 0.3) is 0 Å². The molecule has 4 N–H and O–H groups in total. The van der Waals surface area contributed by atoms with E-state index in [1.165, 1.54) is 0 Å². The van der Waals surface area contributed by atoms with E-state index in [2.05, 4.69) is 6.58 Å². The minimum atomic E-state index is -1.32. The van der Waals surface area contributed by atoms with Crippen LogP contribution in [0.25, 0.3) is 0 Å². The topological polar surface area (TPSA) is 83.6 Å². The Morgan fingerprint density at radius 2 is 2.17 bits per heavy atom. The van der Waals surface area contributed by atoms with Crippen molar-refractivity contribution in [3.8, 4) is 5.75 Å². The van der Waals surface area contributed by atoms with Gasteiger partial charge in [-0.3, -0.25) is 0 Å². The average molecular weight is 276 g/mol. The van der Waals surface area contributed by atoms with Gasteiger partial charge in [0, 0.05) is 11.6 Å². The number of benzene rings is 1. The Hall–Kier alpha value is -1.59. The zero-order valence-electron chi connectivity index (χ0n) is 9.60. The monoisotopic (exact) mass is 275 g/mol. The van der Waals surface area contributed by atoms with Gasteiger partial charge in [0.2, 0.25) is 0 Å². The van der Waals surface area contributed by atoms with Crippen LogP contribution >= 0.6 is 12.4 Å². The van der Waals surface area contributed by atoms with Crippen LogP contribution in [0, 0.1) is 5.82 Å². The first kappa shape index (κ1) is 16.4. The molecule has 0 amide bonds. The Labute approximate surface area is 110 Å². The molecule has 4 nitrogen and oxygen atoms in total. The van der Waals surface area contributed by atoms with Crippen LogP contribution in [0.5, 0.6) is 5.75 Å². The molecule has 1 atom stereocenters. The van der Waals surface area contributed by atoms with E-state index in [0.717, 1.165) is 12.1 Å². The number of halogens is 2. The number of carbonyl (C=O) groups is 1. The number of phenols is 1. The van der Waals surface area contributed by atoms with Crippen LogP contribution in [-0.4, -0.2) is 16.2 Å². The summed E-state index contributed by atoms with van der Waals surface area (Å²) in [6.07, 6.45) is 2.56. The van der Waals surface area contributed by atoms with Gasteiger partial charge < -0.3 is 15.9 Å². The fourth-order valence-electron chi connectivity index (χ4n) is 1.55. The van der Waals surface area contributed by atoms with Crippen molar-refractivity contribution >= 4 is 18.4 Å². The Balaban J connectivity index is 0.00000289. The molecule has 0 unspecified atom stereocenters. The van der Waals surface area contributed by atoms with Crippen molar-refractivity contribution in [3.05, 3.63) is 41.7 Å². The van der Waals surface area contributed by atoms with Gasteiger partial charge in [-0.2, -0.15) is 0 Å². The first-order valence-electron chi connectivity index (χ1n) is 5.10. The van der Waals surface area contributed by atoms with Gasteiger partial charge >= 0.3 is 5.97 Å². The highest BCUT2D eigenvalue weighted by atomic mass is 35.5. The molecule has 1 aromatic rings. The number of carboxylic acids is 1. The highest BCUT2D eigenvalue weighted by molar-refractivity contribution is 5.91. The van der Waals surface area contributed by atoms with E-state index in [1.54, 1.807) is 6.08 Å². The first-order valence-corrected chi connectivity index (χ1v) is 5.10. The third-order valence-corrected chi connectivity index (χ3v) is 2.45. The highest BCUT2D eigenvalue weighted by Crippen LogP contribution is 2.31. The molecule has 100 valence electrons. The van der Waals surface area contributed by atoms with E-state index >= 15 is 0 Å². The predicted octanol–water partition coefficient (Wildman–Crippen LogP) is 2.62. The van der Waals surface area contributed by atoms with Crippen LogP contribution in [0.1, 0.15) is 34.8 Å². The lowest BCUT2D eigenvalue weighted by molar-refractivity contribution is 0.0693. The number of aromatic carboxylic acids is 1. The number of allylic oxidation sites excluding steroid dienone is 1. The lowest BCUT2D eigenvalue weighted by Crippen LogP contribution is -2.13. The third-order valence-electron chi connectivity index (χ3n) is 2.45. The SMILES string of the molecule is C=CCC[C@@H](N)c1c(F)ccc(C(=O)O)c1O.Cl. The van der Waals surface area contributed by atoms with Crippen LogP contribution in [0.2, 0.25) is 0 Å². The van der Waals surface area contributed by atoms with Gasteiger partial charge in [0.15, 0.2) is 0 Å². The molecule has 1 aromatic carbocycles. The lowest BCUT2D eigenvalue weighted by Gasteiger charge is -2.15. The summed E-state index contributed by atoms with van der Waals surface area (Å²) in [7, 11) is 0. The zero-order chi connectivity index (χ0) is 13.0. The van der Waals surface area contributed by atoms with Crippen molar-refractivity contribution in [2.24, 2.45) is 5.73 Å². The van der Waals surface area contributed by atoms with Crippen molar-refractivity contribution in [2.75, 3.05) is 0 Å². The van der Waals surface area contributed by atoms with Gasteiger partial charge in [-0.05, 0) is 25.0 Å². The van der Waals surface area contributed by atoms with E-state index in [9.17, 15) is 14.3 Å². The smallest absolute Gasteiger partial charge is 0.339 e. The molecule has 0 aromatic heterocycles. The first-order chi connectivity index (χ1) is 7.99. The lowest BCUT2D eigenvalue weighted by atomic mass is 9.98. The molecule has 0 bridgehead atoms. The Morgan fingerprint density at radius 1 is 1.56 bits per heavy atom. The molecule has 0 aliphatic rings. The predicted molar refractivity (Wildman–Crippen MR) is 68.6 cm³/mol. The highest BCUT2D eigenvalue weighted by Gasteiger charge is 2.21. The van der Waals surface area contributed by atoms with Crippen LogP contribution in [0.3, 0.4) is 0 Å². The molecular formula is C12H15ClFNO3. The van der Waals surface area contributed by atoms with E-state index in [1.807, 2.05) is 0 Å². The largest absolute Gasteiger partial charge is 0.507 e. The second-order valence-electron chi connectivity index (χ2n) is 3.63. The van der Waals surface area contributed by atoms with E-state index in [0.29, 0.717) is 12.8 Å². The minimum Gasteiger partial charge on any atom is -0.507 e. The molecular weight excluding hydrogens is 261 g/mol. The Bertz CT molecular complexity index is 451. The fraction of sp³-hybridized carbons (Fsp3) is 0.250. The number of hydrogen-bond donors (Lipinski definition) is 3. The minimum absolute atomic E-state index is 0. The van der Waals surface area contributed by atoms with Gasteiger partial charge in [0.1, 0.15) is 17.1 Å². The molecule has 1 rings (SSSR count). The molecule has 0 aliphatic carbocycles. The van der Waals surface area contributed by atoms with Gasteiger partial charge in [-0.15, -0.1) is 19.0 Å². The van der Waals surface area contributed by atoms with Crippen molar-refractivity contribution < 1.29 is 19.4 Å². The van der Waals surface area contributed by atoms with Crippen molar-refractivity contribution in [1.29, 1.82) is 0 Å². The molecule has 0 spiro atoms. The summed E-state index contributed by atoms with van der Waals surface area (Å²) in [5, 5.41) is 18.5. The van der Waals surface area contributed by atoms with Crippen LogP contribution in [0.4, 0.5) is 4.39 Å². The van der Waals surface area contributed by atoms with Crippen LogP contribution in [-0.2, 0) is 0 Å². The second kappa shape index (κ2) is 6.98. The van der Waals surface area contributed by atoms with E-state index in [-0.39, 0.29) is 23.5 Å². The molecule has 6 heteroatoms. The zero-order valence-corrected chi connectivity index (χ0v) is 10.4. The molecule has 0 aliphatic heterocycles. The van der Waals surface area contributed by atoms with E-state index < -0.39 is 23.6 Å². The molecule has 0 saturated heterocycles. The maximum absolute atomic E-state index is 13.5.